The fraction of sp³-hybridized carbons (Fsp3) is 0.941. The van der Waals surface area contributed by atoms with E-state index in [1.165, 1.54) is 43.4 Å². The predicted molar refractivity (Wildman–Crippen MR) is 80.0 cm³/mol. The van der Waals surface area contributed by atoms with Gasteiger partial charge in [0.2, 0.25) is 5.91 Å². The van der Waals surface area contributed by atoms with Gasteiger partial charge in [-0.2, -0.15) is 0 Å². The number of hydrogen-bond donors (Lipinski definition) is 2. The molecule has 0 atom stereocenters. The van der Waals surface area contributed by atoms with Crippen LogP contribution >= 0.6 is 0 Å². The molecule has 0 aromatic rings. The Morgan fingerprint density at radius 3 is 2.19 bits per heavy atom. The van der Waals surface area contributed by atoms with Gasteiger partial charge in [-0.1, -0.05) is 0 Å². The highest BCUT2D eigenvalue weighted by Gasteiger charge is 2.51. The van der Waals surface area contributed by atoms with Crippen molar-refractivity contribution in [3.8, 4) is 0 Å². The Balaban J connectivity index is 1.30. The molecule has 0 aromatic heterocycles. The smallest absolute Gasteiger partial charge is 0.226 e. The van der Waals surface area contributed by atoms with Crippen molar-refractivity contribution in [2.45, 2.75) is 50.5 Å². The molecule has 1 heterocycles. The van der Waals surface area contributed by atoms with Crippen LogP contribution in [-0.4, -0.2) is 44.3 Å². The second kappa shape index (κ2) is 5.54. The van der Waals surface area contributed by atoms with Gasteiger partial charge >= 0.3 is 0 Å². The lowest BCUT2D eigenvalue weighted by Crippen LogP contribution is -3.14. The molecule has 4 heteroatoms. The van der Waals surface area contributed by atoms with Crippen LogP contribution in [0.15, 0.2) is 0 Å². The molecule has 4 saturated carbocycles. The highest BCUT2D eigenvalue weighted by Crippen LogP contribution is 2.55. The quantitative estimate of drug-likeness (QED) is 0.787. The molecule has 1 aliphatic heterocycles. The zero-order valence-electron chi connectivity index (χ0n) is 13.0. The van der Waals surface area contributed by atoms with E-state index in [9.17, 15) is 4.79 Å². The lowest BCUT2D eigenvalue weighted by molar-refractivity contribution is -0.907. The van der Waals surface area contributed by atoms with Crippen molar-refractivity contribution in [2.24, 2.45) is 17.8 Å². The monoisotopic (exact) mass is 293 g/mol. The number of amides is 1. The molecule has 4 nitrogen and oxygen atoms in total. The van der Waals surface area contributed by atoms with Crippen molar-refractivity contribution in [1.29, 1.82) is 0 Å². The van der Waals surface area contributed by atoms with Gasteiger partial charge in [0.15, 0.2) is 0 Å². The van der Waals surface area contributed by atoms with Gasteiger partial charge in [-0.05, 0) is 56.3 Å². The fourth-order valence-corrected chi connectivity index (χ4v) is 5.82. The zero-order chi connectivity index (χ0) is 14.3. The van der Waals surface area contributed by atoms with E-state index in [0.29, 0.717) is 12.3 Å². The molecular formula is C17H29N2O2+. The molecule has 2 N–H and O–H groups in total. The Morgan fingerprint density at radius 2 is 1.62 bits per heavy atom. The van der Waals surface area contributed by atoms with E-state index >= 15 is 0 Å². The van der Waals surface area contributed by atoms with Crippen LogP contribution in [0.5, 0.6) is 0 Å². The molecule has 4 bridgehead atoms. The molecule has 0 radical (unpaired) electrons. The van der Waals surface area contributed by atoms with Crippen molar-refractivity contribution in [3.63, 3.8) is 0 Å². The van der Waals surface area contributed by atoms with Crippen LogP contribution < -0.4 is 10.2 Å². The minimum atomic E-state index is 0.187. The van der Waals surface area contributed by atoms with Crippen molar-refractivity contribution in [2.75, 3.05) is 32.8 Å². The summed E-state index contributed by atoms with van der Waals surface area (Å²) in [5.74, 6) is 3.01. The number of morpholine rings is 1. The van der Waals surface area contributed by atoms with Gasteiger partial charge in [0.1, 0.15) is 13.1 Å². The summed E-state index contributed by atoms with van der Waals surface area (Å²) in [7, 11) is 0. The molecule has 0 aromatic carbocycles. The van der Waals surface area contributed by atoms with Crippen molar-refractivity contribution in [1.82, 2.24) is 5.32 Å². The second-order valence-electron chi connectivity index (χ2n) is 8.11. The fourth-order valence-electron chi connectivity index (χ4n) is 5.82. The van der Waals surface area contributed by atoms with Gasteiger partial charge in [0, 0.05) is 5.54 Å². The Bertz CT molecular complexity index is 368. The van der Waals surface area contributed by atoms with Crippen LogP contribution in [0.25, 0.3) is 0 Å². The standard InChI is InChI=1S/C17H28N2O2/c20-16(1-2-19-3-5-21-6-4-19)18-17-10-13-7-14(11-17)9-15(8-13)12-17/h13-15H,1-12H2,(H,18,20)/p+1. The topological polar surface area (TPSA) is 42.8 Å². The summed E-state index contributed by atoms with van der Waals surface area (Å²) in [6, 6.07) is 0. The van der Waals surface area contributed by atoms with E-state index in [4.69, 9.17) is 4.74 Å². The first-order valence-corrected chi connectivity index (χ1v) is 8.93. The molecule has 5 aliphatic rings. The van der Waals surface area contributed by atoms with Crippen molar-refractivity contribution >= 4 is 5.91 Å². The second-order valence-corrected chi connectivity index (χ2v) is 8.11. The number of nitrogens with one attached hydrogen (secondary N) is 2. The largest absolute Gasteiger partial charge is 0.370 e. The lowest BCUT2D eigenvalue weighted by atomic mass is 9.53. The summed E-state index contributed by atoms with van der Waals surface area (Å²) in [5.41, 5.74) is 0.187. The molecule has 0 spiro atoms. The molecular weight excluding hydrogens is 264 g/mol. The number of rotatable bonds is 4. The lowest BCUT2D eigenvalue weighted by Gasteiger charge is -2.56. The van der Waals surface area contributed by atoms with Gasteiger partial charge in [-0.3, -0.25) is 4.79 Å². The third kappa shape index (κ3) is 2.98. The molecule has 4 aliphatic carbocycles. The Hall–Kier alpha value is -0.610. The first-order valence-electron chi connectivity index (χ1n) is 8.93. The van der Waals surface area contributed by atoms with Crippen LogP contribution in [0.1, 0.15) is 44.9 Å². The van der Waals surface area contributed by atoms with Crippen LogP contribution in [-0.2, 0) is 9.53 Å². The van der Waals surface area contributed by atoms with E-state index in [1.54, 1.807) is 0 Å². The summed E-state index contributed by atoms with van der Waals surface area (Å²) >= 11 is 0. The average Bonchev–Trinajstić information content (AvgIpc) is 2.44. The van der Waals surface area contributed by atoms with Crippen molar-refractivity contribution in [3.05, 3.63) is 0 Å². The van der Waals surface area contributed by atoms with E-state index < -0.39 is 0 Å². The number of quaternary nitrogens is 1. The predicted octanol–water partition coefficient (Wildman–Crippen LogP) is 0.377. The maximum Gasteiger partial charge on any atom is 0.226 e. The van der Waals surface area contributed by atoms with Crippen LogP contribution in [0.2, 0.25) is 0 Å². The minimum absolute atomic E-state index is 0.187. The van der Waals surface area contributed by atoms with Gasteiger partial charge < -0.3 is 15.0 Å². The normalized spacial score (nSPS) is 42.2. The van der Waals surface area contributed by atoms with Gasteiger partial charge in [-0.15, -0.1) is 0 Å². The molecule has 5 rings (SSSR count). The van der Waals surface area contributed by atoms with Gasteiger partial charge in [0.05, 0.1) is 26.2 Å². The van der Waals surface area contributed by atoms with Crippen LogP contribution in [0.4, 0.5) is 0 Å². The van der Waals surface area contributed by atoms with E-state index in [1.807, 2.05) is 0 Å². The molecule has 5 fully saturated rings. The summed E-state index contributed by atoms with van der Waals surface area (Å²) in [4.78, 5) is 13.9. The highest BCUT2D eigenvalue weighted by molar-refractivity contribution is 5.77. The molecule has 1 saturated heterocycles. The molecule has 118 valence electrons. The third-order valence-electron chi connectivity index (χ3n) is 6.35. The highest BCUT2D eigenvalue weighted by atomic mass is 16.5. The summed E-state index contributed by atoms with van der Waals surface area (Å²) < 4.78 is 5.38. The number of carbonyl (C=O) groups is 1. The molecule has 1 amide bonds. The summed E-state index contributed by atoms with van der Waals surface area (Å²) in [5, 5.41) is 3.48. The number of ether oxygens (including phenoxy) is 1. The van der Waals surface area contributed by atoms with Crippen LogP contribution in [0.3, 0.4) is 0 Å². The third-order valence-corrected chi connectivity index (χ3v) is 6.35. The van der Waals surface area contributed by atoms with Crippen molar-refractivity contribution < 1.29 is 14.4 Å². The maximum atomic E-state index is 12.4. The summed E-state index contributed by atoms with van der Waals surface area (Å²) in [6.45, 7) is 4.80. The van der Waals surface area contributed by atoms with Gasteiger partial charge in [0.25, 0.3) is 0 Å². The van der Waals surface area contributed by atoms with E-state index in [0.717, 1.165) is 50.6 Å². The first-order chi connectivity index (χ1) is 10.2. The van der Waals surface area contributed by atoms with Gasteiger partial charge in [-0.25, -0.2) is 0 Å². The number of hydrogen-bond acceptors (Lipinski definition) is 2. The Labute approximate surface area is 127 Å². The maximum absolute atomic E-state index is 12.4. The number of carbonyl (C=O) groups excluding carboxylic acids is 1. The first kappa shape index (κ1) is 14.0. The molecule has 0 unspecified atom stereocenters. The SMILES string of the molecule is O=C(CC[NH+]1CCOCC1)NC12CC3CC(CC(C3)C1)C2. The van der Waals surface area contributed by atoms with Crippen LogP contribution in [0, 0.1) is 17.8 Å². The Kier molecular flexibility index (Phi) is 3.70. The van der Waals surface area contributed by atoms with E-state index in [-0.39, 0.29) is 5.54 Å². The Morgan fingerprint density at radius 1 is 1.05 bits per heavy atom. The zero-order valence-corrected chi connectivity index (χ0v) is 13.0. The minimum Gasteiger partial charge on any atom is -0.370 e. The average molecular weight is 293 g/mol. The molecule has 21 heavy (non-hydrogen) atoms. The van der Waals surface area contributed by atoms with E-state index in [2.05, 4.69) is 5.32 Å². The summed E-state index contributed by atoms with van der Waals surface area (Å²) in [6.07, 6.45) is 8.78.